The lowest BCUT2D eigenvalue weighted by molar-refractivity contribution is -0.161. The Labute approximate surface area is 159 Å². The van der Waals surface area contributed by atoms with Crippen LogP contribution >= 0.6 is 0 Å². The van der Waals surface area contributed by atoms with E-state index in [0.29, 0.717) is 12.1 Å². The van der Waals surface area contributed by atoms with Crippen molar-refractivity contribution in [2.45, 2.75) is 32.3 Å². The number of likely N-dealkylation sites (tertiary alicyclic amines) is 1. The molecule has 3 rings (SSSR count). The number of benzene rings is 2. The molecule has 1 saturated heterocycles. The van der Waals surface area contributed by atoms with Crippen LogP contribution in [0.25, 0.3) is 0 Å². The Hall–Kier alpha value is -2.66. The van der Waals surface area contributed by atoms with Crippen molar-refractivity contribution in [3.63, 3.8) is 0 Å². The summed E-state index contributed by atoms with van der Waals surface area (Å²) in [4.78, 5) is 26.6. The Balaban J connectivity index is 1.81. The first-order valence-electron chi connectivity index (χ1n) is 9.30. The maximum absolute atomic E-state index is 12.9. The zero-order valence-corrected chi connectivity index (χ0v) is 15.5. The molecule has 2 aromatic rings. The summed E-state index contributed by atoms with van der Waals surface area (Å²) in [6.45, 7) is 2.33. The minimum Gasteiger partial charge on any atom is -0.481 e. The number of hydrogen-bond donors (Lipinski definition) is 2. The van der Waals surface area contributed by atoms with Gasteiger partial charge in [-0.05, 0) is 36.5 Å². The fourth-order valence-electron chi connectivity index (χ4n) is 3.86. The third-order valence-corrected chi connectivity index (χ3v) is 5.56. The number of nitrogens with zero attached hydrogens (tertiary/aromatic N) is 1. The molecule has 2 atom stereocenters. The molecule has 1 aliphatic rings. The van der Waals surface area contributed by atoms with Gasteiger partial charge in [0.05, 0.1) is 6.10 Å². The molecule has 2 aromatic carbocycles. The second-order valence-corrected chi connectivity index (χ2v) is 7.15. The van der Waals surface area contributed by atoms with Crippen LogP contribution < -0.4 is 0 Å². The Morgan fingerprint density at radius 1 is 1.11 bits per heavy atom. The number of carboxylic acids is 1. The number of amides is 1. The highest BCUT2D eigenvalue weighted by Crippen LogP contribution is 2.36. The topological polar surface area (TPSA) is 77.8 Å². The third-order valence-electron chi connectivity index (χ3n) is 5.56. The number of β-amino-alcohol motifs (C(OH)–C–C–N with tert-alkyl or cyclic N) is 1. The van der Waals surface area contributed by atoms with Gasteiger partial charge in [0.25, 0.3) is 5.91 Å². The first-order chi connectivity index (χ1) is 13.0. The summed E-state index contributed by atoms with van der Waals surface area (Å²) in [6.07, 6.45) is 0.0866. The van der Waals surface area contributed by atoms with Crippen molar-refractivity contribution in [2.75, 3.05) is 13.1 Å². The number of carbonyl (C=O) groups excluding carboxylic acids is 1. The predicted molar refractivity (Wildman–Crippen MR) is 103 cm³/mol. The minimum atomic E-state index is -1.28. The fraction of sp³-hybridized carbons (Fsp3) is 0.364. The highest BCUT2D eigenvalue weighted by molar-refractivity contribution is 5.96. The normalized spacial score (nSPS) is 22.4. The Bertz CT molecular complexity index is 820. The van der Waals surface area contributed by atoms with Gasteiger partial charge in [0.15, 0.2) is 0 Å². The highest BCUT2D eigenvalue weighted by atomic mass is 16.4. The van der Waals surface area contributed by atoms with Gasteiger partial charge in [0.1, 0.15) is 5.41 Å². The van der Waals surface area contributed by atoms with Gasteiger partial charge in [0.2, 0.25) is 0 Å². The zero-order valence-electron chi connectivity index (χ0n) is 15.5. The SMILES string of the molecule is CCc1ccccc1C(=O)N1CC[C@](Cc2ccccc2)(C(=O)O)[C@H](O)C1. The molecule has 1 amide bonds. The summed E-state index contributed by atoms with van der Waals surface area (Å²) in [6, 6.07) is 16.8. The fourth-order valence-corrected chi connectivity index (χ4v) is 3.86. The average Bonchev–Trinajstić information content (AvgIpc) is 2.69. The third kappa shape index (κ3) is 3.74. The van der Waals surface area contributed by atoms with Crippen LogP contribution in [0.5, 0.6) is 0 Å². The van der Waals surface area contributed by atoms with Gasteiger partial charge in [-0.2, -0.15) is 0 Å². The second-order valence-electron chi connectivity index (χ2n) is 7.15. The lowest BCUT2D eigenvalue weighted by atomic mass is 9.71. The second kappa shape index (κ2) is 7.92. The van der Waals surface area contributed by atoms with Crippen molar-refractivity contribution < 1.29 is 19.8 Å². The Morgan fingerprint density at radius 2 is 1.78 bits per heavy atom. The zero-order chi connectivity index (χ0) is 19.4. The van der Waals surface area contributed by atoms with E-state index in [4.69, 9.17) is 0 Å². The van der Waals surface area contributed by atoms with Crippen LogP contribution in [0.15, 0.2) is 54.6 Å². The molecule has 5 nitrogen and oxygen atoms in total. The molecule has 0 saturated carbocycles. The monoisotopic (exact) mass is 367 g/mol. The van der Waals surface area contributed by atoms with E-state index in [1.165, 1.54) is 0 Å². The average molecular weight is 367 g/mol. The molecule has 2 N–H and O–H groups in total. The molecule has 0 bridgehead atoms. The first-order valence-corrected chi connectivity index (χ1v) is 9.30. The van der Waals surface area contributed by atoms with Crippen LogP contribution in [0, 0.1) is 5.41 Å². The van der Waals surface area contributed by atoms with E-state index < -0.39 is 17.5 Å². The molecular weight excluding hydrogens is 342 g/mol. The summed E-state index contributed by atoms with van der Waals surface area (Å²) in [7, 11) is 0. The number of aliphatic hydroxyl groups is 1. The van der Waals surface area contributed by atoms with Crippen LogP contribution in [0.2, 0.25) is 0 Å². The van der Waals surface area contributed by atoms with Crippen molar-refractivity contribution in [1.82, 2.24) is 4.90 Å². The molecule has 1 fully saturated rings. The maximum Gasteiger partial charge on any atom is 0.312 e. The number of aliphatic hydroxyl groups excluding tert-OH is 1. The molecule has 0 spiro atoms. The molecule has 1 heterocycles. The molecule has 1 aliphatic heterocycles. The van der Waals surface area contributed by atoms with Crippen molar-refractivity contribution in [2.24, 2.45) is 5.41 Å². The van der Waals surface area contributed by atoms with Crippen molar-refractivity contribution >= 4 is 11.9 Å². The largest absolute Gasteiger partial charge is 0.481 e. The lowest BCUT2D eigenvalue weighted by Gasteiger charge is -2.43. The molecule has 142 valence electrons. The summed E-state index contributed by atoms with van der Waals surface area (Å²) < 4.78 is 0. The van der Waals surface area contributed by atoms with Crippen LogP contribution in [0.1, 0.15) is 34.8 Å². The number of aryl methyl sites for hydroxylation is 1. The van der Waals surface area contributed by atoms with E-state index in [1.807, 2.05) is 55.5 Å². The Morgan fingerprint density at radius 3 is 2.41 bits per heavy atom. The van der Waals surface area contributed by atoms with Crippen LogP contribution in [-0.2, 0) is 17.6 Å². The van der Waals surface area contributed by atoms with E-state index >= 15 is 0 Å². The van der Waals surface area contributed by atoms with Gasteiger partial charge in [-0.1, -0.05) is 55.5 Å². The molecular formula is C22H25NO4. The van der Waals surface area contributed by atoms with Gasteiger partial charge < -0.3 is 15.1 Å². The van der Waals surface area contributed by atoms with E-state index in [0.717, 1.165) is 17.5 Å². The molecule has 0 aliphatic carbocycles. The molecule has 0 aromatic heterocycles. The van der Waals surface area contributed by atoms with E-state index in [9.17, 15) is 19.8 Å². The number of aliphatic carboxylic acids is 1. The number of rotatable bonds is 5. The van der Waals surface area contributed by atoms with Crippen molar-refractivity contribution in [1.29, 1.82) is 0 Å². The number of hydrogen-bond acceptors (Lipinski definition) is 3. The maximum atomic E-state index is 12.9. The van der Waals surface area contributed by atoms with Crippen molar-refractivity contribution in [3.8, 4) is 0 Å². The van der Waals surface area contributed by atoms with Crippen LogP contribution in [0.3, 0.4) is 0 Å². The smallest absolute Gasteiger partial charge is 0.312 e. The molecule has 5 heteroatoms. The summed E-state index contributed by atoms with van der Waals surface area (Å²) in [5.74, 6) is -1.16. The predicted octanol–water partition coefficient (Wildman–Crippen LogP) is 2.77. The Kier molecular flexibility index (Phi) is 5.61. The molecule has 0 radical (unpaired) electrons. The highest BCUT2D eigenvalue weighted by Gasteiger charge is 2.49. The summed E-state index contributed by atoms with van der Waals surface area (Å²) >= 11 is 0. The van der Waals surface area contributed by atoms with Crippen LogP contribution in [0.4, 0.5) is 0 Å². The first kappa shape index (κ1) is 19.1. The summed E-state index contributed by atoms with van der Waals surface area (Å²) in [5, 5.41) is 20.7. The van der Waals surface area contributed by atoms with E-state index in [2.05, 4.69) is 0 Å². The number of carbonyl (C=O) groups is 2. The molecule has 0 unspecified atom stereocenters. The van der Waals surface area contributed by atoms with Gasteiger partial charge in [-0.15, -0.1) is 0 Å². The van der Waals surface area contributed by atoms with Gasteiger partial charge in [-0.3, -0.25) is 9.59 Å². The van der Waals surface area contributed by atoms with Gasteiger partial charge >= 0.3 is 5.97 Å². The summed E-state index contributed by atoms with van der Waals surface area (Å²) in [5.41, 5.74) is 1.17. The minimum absolute atomic E-state index is 0.0238. The van der Waals surface area contributed by atoms with Gasteiger partial charge in [0, 0.05) is 18.7 Å². The van der Waals surface area contributed by atoms with Gasteiger partial charge in [-0.25, -0.2) is 0 Å². The number of carboxylic acid groups (broad SMARTS) is 1. The van der Waals surface area contributed by atoms with E-state index in [-0.39, 0.29) is 25.3 Å². The van der Waals surface area contributed by atoms with Crippen LogP contribution in [-0.4, -0.2) is 46.2 Å². The standard InChI is InChI=1S/C22H25NO4/c1-2-17-10-6-7-11-18(17)20(25)23-13-12-22(21(26)27,19(24)15-23)14-16-8-4-3-5-9-16/h3-11,19,24H,2,12-15H2,1H3,(H,26,27)/t19-,22-/m1/s1. The van der Waals surface area contributed by atoms with Crippen molar-refractivity contribution in [3.05, 3.63) is 71.3 Å². The molecule has 27 heavy (non-hydrogen) atoms. The lowest BCUT2D eigenvalue weighted by Crippen LogP contribution is -2.57. The quantitative estimate of drug-likeness (QED) is 0.852. The van der Waals surface area contributed by atoms with E-state index in [1.54, 1.807) is 11.0 Å². The number of piperidine rings is 1.